The second-order valence-corrected chi connectivity index (χ2v) is 7.35. The fraction of sp³-hybridized carbons (Fsp3) is 0.240. The van der Waals surface area contributed by atoms with Crippen LogP contribution in [0.1, 0.15) is 45.8 Å². The molecule has 3 aromatic rings. The van der Waals surface area contributed by atoms with Crippen LogP contribution in [0.25, 0.3) is 0 Å². The van der Waals surface area contributed by atoms with Crippen LogP contribution in [0, 0.1) is 25.2 Å². The molecular formula is C25H25N3O2. The first-order valence-electron chi connectivity index (χ1n) is 10.00. The fourth-order valence-corrected chi connectivity index (χ4v) is 3.76. The van der Waals surface area contributed by atoms with Gasteiger partial charge < -0.3 is 10.3 Å². The number of aryl methyl sites for hydroxylation is 1. The molecule has 3 rings (SSSR count). The quantitative estimate of drug-likeness (QED) is 0.634. The number of carbonyl (C=O) groups is 1. The Morgan fingerprint density at radius 3 is 2.13 bits per heavy atom. The van der Waals surface area contributed by atoms with Crippen molar-refractivity contribution < 1.29 is 4.79 Å². The SMILES string of the molecule is Cc1[nH]c(=O)c(C#N)c(C)c1CCC(=O)NCC(c1ccccc1)c1ccccc1. The van der Waals surface area contributed by atoms with Crippen molar-refractivity contribution in [2.45, 2.75) is 32.6 Å². The van der Waals surface area contributed by atoms with Crippen LogP contribution < -0.4 is 10.9 Å². The molecule has 0 aliphatic rings. The Morgan fingerprint density at radius 2 is 1.60 bits per heavy atom. The van der Waals surface area contributed by atoms with Gasteiger partial charge in [0.25, 0.3) is 5.56 Å². The van der Waals surface area contributed by atoms with E-state index >= 15 is 0 Å². The van der Waals surface area contributed by atoms with Crippen molar-refractivity contribution in [2.75, 3.05) is 6.54 Å². The molecule has 0 fully saturated rings. The molecule has 1 amide bonds. The van der Waals surface area contributed by atoms with Crippen LogP contribution in [0.4, 0.5) is 0 Å². The minimum Gasteiger partial charge on any atom is -0.355 e. The zero-order valence-corrected chi connectivity index (χ0v) is 17.2. The molecule has 1 heterocycles. The molecule has 2 N–H and O–H groups in total. The van der Waals surface area contributed by atoms with Crippen LogP contribution in [0.3, 0.4) is 0 Å². The van der Waals surface area contributed by atoms with Gasteiger partial charge in [-0.2, -0.15) is 5.26 Å². The first kappa shape index (κ1) is 21.1. The van der Waals surface area contributed by atoms with Gasteiger partial charge in [0.05, 0.1) is 0 Å². The van der Waals surface area contributed by atoms with Crippen molar-refractivity contribution in [1.82, 2.24) is 10.3 Å². The van der Waals surface area contributed by atoms with E-state index < -0.39 is 0 Å². The summed E-state index contributed by atoms with van der Waals surface area (Å²) in [5.74, 6) is 0.00784. The van der Waals surface area contributed by atoms with E-state index in [1.807, 2.05) is 42.5 Å². The maximum Gasteiger partial charge on any atom is 0.266 e. The summed E-state index contributed by atoms with van der Waals surface area (Å²) in [7, 11) is 0. The van der Waals surface area contributed by atoms with Gasteiger partial charge in [0.15, 0.2) is 0 Å². The van der Waals surface area contributed by atoms with Crippen molar-refractivity contribution in [3.8, 4) is 6.07 Å². The molecule has 0 saturated carbocycles. The lowest BCUT2D eigenvalue weighted by Crippen LogP contribution is -2.29. The number of hydrogen-bond acceptors (Lipinski definition) is 3. The Morgan fingerprint density at radius 1 is 1.03 bits per heavy atom. The first-order valence-corrected chi connectivity index (χ1v) is 10.00. The van der Waals surface area contributed by atoms with Crippen molar-refractivity contribution in [3.63, 3.8) is 0 Å². The highest BCUT2D eigenvalue weighted by Gasteiger charge is 2.16. The van der Waals surface area contributed by atoms with Crippen molar-refractivity contribution >= 4 is 5.91 Å². The number of aromatic amines is 1. The topological polar surface area (TPSA) is 85.8 Å². The average Bonchev–Trinajstić information content (AvgIpc) is 2.75. The van der Waals surface area contributed by atoms with Gasteiger partial charge in [0.2, 0.25) is 5.91 Å². The van der Waals surface area contributed by atoms with Gasteiger partial charge in [-0.3, -0.25) is 9.59 Å². The van der Waals surface area contributed by atoms with Crippen molar-refractivity contribution in [3.05, 3.63) is 105 Å². The molecule has 0 unspecified atom stereocenters. The molecular weight excluding hydrogens is 374 g/mol. The number of nitrogens with zero attached hydrogens (tertiary/aromatic N) is 1. The number of hydrogen-bond donors (Lipinski definition) is 2. The summed E-state index contributed by atoms with van der Waals surface area (Å²) in [4.78, 5) is 27.2. The van der Waals surface area contributed by atoms with E-state index in [4.69, 9.17) is 0 Å². The summed E-state index contributed by atoms with van der Waals surface area (Å²) in [6, 6.07) is 22.2. The van der Waals surface area contributed by atoms with E-state index in [0.29, 0.717) is 24.2 Å². The average molecular weight is 399 g/mol. The molecule has 2 aromatic carbocycles. The highest BCUT2D eigenvalue weighted by atomic mass is 16.1. The largest absolute Gasteiger partial charge is 0.355 e. The van der Waals surface area contributed by atoms with E-state index in [1.54, 1.807) is 13.8 Å². The highest BCUT2D eigenvalue weighted by molar-refractivity contribution is 5.76. The van der Waals surface area contributed by atoms with Crippen LogP contribution >= 0.6 is 0 Å². The Labute approximate surface area is 176 Å². The van der Waals surface area contributed by atoms with Crippen LogP contribution in [0.2, 0.25) is 0 Å². The number of carbonyl (C=O) groups excluding carboxylic acids is 1. The van der Waals surface area contributed by atoms with Crippen LogP contribution in [0.15, 0.2) is 65.5 Å². The summed E-state index contributed by atoms with van der Waals surface area (Å²) in [6.07, 6.45) is 0.755. The molecule has 0 radical (unpaired) electrons. The first-order chi connectivity index (χ1) is 14.5. The normalized spacial score (nSPS) is 10.6. The van der Waals surface area contributed by atoms with Gasteiger partial charge >= 0.3 is 0 Å². The number of amides is 1. The zero-order valence-electron chi connectivity index (χ0n) is 17.2. The van der Waals surface area contributed by atoms with E-state index in [-0.39, 0.29) is 29.4 Å². The van der Waals surface area contributed by atoms with E-state index in [0.717, 1.165) is 16.7 Å². The predicted octanol–water partition coefficient (Wildman–Crippen LogP) is 3.74. The van der Waals surface area contributed by atoms with Crippen molar-refractivity contribution in [1.29, 1.82) is 5.26 Å². The monoisotopic (exact) mass is 399 g/mol. The third kappa shape index (κ3) is 4.84. The summed E-state index contributed by atoms with van der Waals surface area (Å²) in [5, 5.41) is 12.3. The number of nitriles is 1. The lowest BCUT2D eigenvalue weighted by molar-refractivity contribution is -0.121. The predicted molar refractivity (Wildman–Crippen MR) is 117 cm³/mol. The second-order valence-electron chi connectivity index (χ2n) is 7.35. The van der Waals surface area contributed by atoms with Gasteiger partial charge in [0.1, 0.15) is 11.6 Å². The summed E-state index contributed by atoms with van der Waals surface area (Å²) >= 11 is 0. The Bertz CT molecular complexity index is 1070. The standard InChI is InChI=1S/C25H25N3O2/c1-17-21(18(2)28-25(30)22(17)15-26)13-14-24(29)27-16-23(19-9-5-3-6-10-19)20-11-7-4-8-12-20/h3-12,23H,13-14,16H2,1-2H3,(H,27,29)(H,28,30). The Balaban J connectivity index is 1.69. The van der Waals surface area contributed by atoms with Crippen LogP contribution in [-0.4, -0.2) is 17.4 Å². The molecule has 0 saturated heterocycles. The fourth-order valence-electron chi connectivity index (χ4n) is 3.76. The number of aromatic nitrogens is 1. The molecule has 152 valence electrons. The molecule has 5 heteroatoms. The number of rotatable bonds is 7. The maximum absolute atomic E-state index is 12.6. The number of pyridine rings is 1. The molecule has 0 bridgehead atoms. The summed E-state index contributed by atoms with van der Waals surface area (Å²) in [5.41, 5.74) is 4.24. The highest BCUT2D eigenvalue weighted by Crippen LogP contribution is 2.23. The van der Waals surface area contributed by atoms with Gasteiger partial charge in [-0.25, -0.2) is 0 Å². The van der Waals surface area contributed by atoms with E-state index in [1.165, 1.54) is 0 Å². The smallest absolute Gasteiger partial charge is 0.266 e. The van der Waals surface area contributed by atoms with Crippen molar-refractivity contribution in [2.24, 2.45) is 0 Å². The maximum atomic E-state index is 12.6. The zero-order chi connectivity index (χ0) is 21.5. The van der Waals surface area contributed by atoms with Crippen LogP contribution in [0.5, 0.6) is 0 Å². The van der Waals surface area contributed by atoms with Crippen LogP contribution in [-0.2, 0) is 11.2 Å². The minimum absolute atomic E-state index is 0.0598. The van der Waals surface area contributed by atoms with E-state index in [2.05, 4.69) is 34.6 Å². The summed E-state index contributed by atoms with van der Waals surface area (Å²) in [6.45, 7) is 4.05. The molecule has 30 heavy (non-hydrogen) atoms. The Kier molecular flexibility index (Phi) is 6.82. The molecule has 0 spiro atoms. The Hall–Kier alpha value is -3.65. The second kappa shape index (κ2) is 9.71. The molecule has 0 aliphatic heterocycles. The number of H-pyrrole nitrogens is 1. The van der Waals surface area contributed by atoms with Gasteiger partial charge in [0, 0.05) is 24.6 Å². The number of benzene rings is 2. The minimum atomic E-state index is -0.380. The van der Waals surface area contributed by atoms with Gasteiger partial charge in [-0.15, -0.1) is 0 Å². The summed E-state index contributed by atoms with van der Waals surface area (Å²) < 4.78 is 0. The van der Waals surface area contributed by atoms with E-state index in [9.17, 15) is 14.9 Å². The third-order valence-electron chi connectivity index (χ3n) is 5.43. The lowest BCUT2D eigenvalue weighted by Gasteiger charge is -2.19. The third-order valence-corrected chi connectivity index (χ3v) is 5.43. The van der Waals surface area contributed by atoms with Gasteiger partial charge in [-0.05, 0) is 42.5 Å². The van der Waals surface area contributed by atoms with Gasteiger partial charge in [-0.1, -0.05) is 60.7 Å². The molecule has 0 atom stereocenters. The molecule has 0 aliphatic carbocycles. The number of nitrogens with one attached hydrogen (secondary N) is 2. The lowest BCUT2D eigenvalue weighted by atomic mass is 9.91. The molecule has 5 nitrogen and oxygen atoms in total. The molecule has 1 aromatic heterocycles.